The van der Waals surface area contributed by atoms with Crippen molar-refractivity contribution in [2.45, 2.75) is 6.92 Å². The molecule has 130 valence electrons. The zero-order chi connectivity index (χ0) is 18.0. The monoisotopic (exact) mass is 359 g/mol. The van der Waals surface area contributed by atoms with Crippen molar-refractivity contribution in [3.05, 3.63) is 45.3 Å². The van der Waals surface area contributed by atoms with E-state index in [1.165, 1.54) is 22.2 Å². The summed E-state index contributed by atoms with van der Waals surface area (Å²) in [7, 11) is 4.65. The molecule has 25 heavy (non-hydrogen) atoms. The second-order valence-corrected chi connectivity index (χ2v) is 6.00. The van der Waals surface area contributed by atoms with Crippen LogP contribution in [-0.2, 0) is 0 Å². The van der Waals surface area contributed by atoms with Crippen LogP contribution in [0.1, 0.15) is 11.4 Å². The summed E-state index contributed by atoms with van der Waals surface area (Å²) in [6, 6.07) is 5.19. The van der Waals surface area contributed by atoms with E-state index in [1.54, 1.807) is 46.5 Å². The van der Waals surface area contributed by atoms with Crippen LogP contribution in [0.5, 0.6) is 17.2 Å². The number of hydrogen-bond donors (Lipinski definition) is 0. The first-order valence-corrected chi connectivity index (χ1v) is 8.28. The van der Waals surface area contributed by atoms with Gasteiger partial charge in [0.2, 0.25) is 0 Å². The van der Waals surface area contributed by atoms with E-state index in [0.29, 0.717) is 38.9 Å². The predicted molar refractivity (Wildman–Crippen MR) is 97.7 cm³/mol. The van der Waals surface area contributed by atoms with E-state index >= 15 is 0 Å². The average molecular weight is 359 g/mol. The van der Waals surface area contributed by atoms with Crippen molar-refractivity contribution in [3.8, 4) is 17.2 Å². The van der Waals surface area contributed by atoms with E-state index in [0.717, 1.165) is 0 Å². The molecule has 0 aliphatic carbocycles. The summed E-state index contributed by atoms with van der Waals surface area (Å²) in [5, 5.41) is 6.68. The van der Waals surface area contributed by atoms with Crippen LogP contribution in [0.3, 0.4) is 0 Å². The Morgan fingerprint density at radius 2 is 1.80 bits per heavy atom. The highest BCUT2D eigenvalue weighted by molar-refractivity contribution is 7.16. The topological polar surface area (TPSA) is 74.9 Å². The maximum atomic E-state index is 12.5. The molecule has 8 heteroatoms. The number of thiophene rings is 1. The van der Waals surface area contributed by atoms with E-state index in [4.69, 9.17) is 14.2 Å². The Hall–Kier alpha value is -2.87. The van der Waals surface area contributed by atoms with Crippen molar-refractivity contribution in [3.63, 3.8) is 0 Å². The standard InChI is InChI=1S/C17H17N3O4S/c1-10-19-16-12(5-6-25-16)17(21)20(10)18-9-11-7-14(23-3)15(24-4)8-13(11)22-2/h5-9H,1-4H3. The van der Waals surface area contributed by atoms with Crippen molar-refractivity contribution in [2.24, 2.45) is 5.10 Å². The van der Waals surface area contributed by atoms with Crippen LogP contribution in [0, 0.1) is 6.92 Å². The van der Waals surface area contributed by atoms with Gasteiger partial charge >= 0.3 is 0 Å². The molecule has 0 bridgehead atoms. The first-order chi connectivity index (χ1) is 12.1. The maximum absolute atomic E-state index is 12.5. The van der Waals surface area contributed by atoms with E-state index in [9.17, 15) is 4.79 Å². The molecule has 0 amide bonds. The second kappa shape index (κ2) is 6.94. The number of ether oxygens (including phenoxy) is 3. The molecule has 3 rings (SSSR count). The van der Waals surface area contributed by atoms with Gasteiger partial charge in [-0.1, -0.05) is 0 Å². The SMILES string of the molecule is COc1cc(OC)c(OC)cc1C=Nn1c(C)nc2sccc2c1=O. The number of methoxy groups -OCH3 is 3. The van der Waals surface area contributed by atoms with Crippen molar-refractivity contribution in [1.29, 1.82) is 0 Å². The molecule has 2 aromatic heterocycles. The molecule has 7 nitrogen and oxygen atoms in total. The molecule has 3 aromatic rings. The molecule has 1 aromatic carbocycles. The molecular weight excluding hydrogens is 342 g/mol. The molecule has 2 heterocycles. The summed E-state index contributed by atoms with van der Waals surface area (Å²) in [5.41, 5.74) is 0.441. The molecule has 0 saturated carbocycles. The Balaban J connectivity index is 2.09. The summed E-state index contributed by atoms with van der Waals surface area (Å²) in [6.07, 6.45) is 1.54. The van der Waals surface area contributed by atoms with Crippen molar-refractivity contribution in [1.82, 2.24) is 9.66 Å². The molecule has 0 unspecified atom stereocenters. The Labute approximate surface area is 148 Å². The fraction of sp³-hybridized carbons (Fsp3) is 0.235. The molecule has 0 fully saturated rings. The lowest BCUT2D eigenvalue weighted by Gasteiger charge is -2.12. The van der Waals surface area contributed by atoms with E-state index in [2.05, 4.69) is 10.1 Å². The third-order valence-electron chi connectivity index (χ3n) is 3.69. The largest absolute Gasteiger partial charge is 0.496 e. The van der Waals surface area contributed by atoms with Gasteiger partial charge in [0.05, 0.1) is 32.9 Å². The average Bonchev–Trinajstić information content (AvgIpc) is 3.09. The van der Waals surface area contributed by atoms with Crippen LogP contribution in [-0.4, -0.2) is 37.2 Å². The number of rotatable bonds is 5. The lowest BCUT2D eigenvalue weighted by Crippen LogP contribution is -2.19. The van der Waals surface area contributed by atoms with Gasteiger partial charge in [0.15, 0.2) is 11.5 Å². The van der Waals surface area contributed by atoms with Crippen LogP contribution in [0.2, 0.25) is 0 Å². The minimum Gasteiger partial charge on any atom is -0.496 e. The van der Waals surface area contributed by atoms with Gasteiger partial charge in [-0.15, -0.1) is 11.3 Å². The third-order valence-corrected chi connectivity index (χ3v) is 4.49. The third kappa shape index (κ3) is 3.08. The molecule has 0 radical (unpaired) electrons. The van der Waals surface area contributed by atoms with Gasteiger partial charge < -0.3 is 14.2 Å². The Kier molecular flexibility index (Phi) is 4.71. The van der Waals surface area contributed by atoms with E-state index < -0.39 is 0 Å². The molecule has 0 atom stereocenters. The minimum atomic E-state index is -0.209. The summed E-state index contributed by atoms with van der Waals surface area (Å²) in [5.74, 6) is 2.15. The Bertz CT molecular complexity index is 1010. The summed E-state index contributed by atoms with van der Waals surface area (Å²) in [6.45, 7) is 1.74. The zero-order valence-corrected chi connectivity index (χ0v) is 15.1. The predicted octanol–water partition coefficient (Wildman–Crippen LogP) is 2.67. The minimum absolute atomic E-state index is 0.209. The summed E-state index contributed by atoms with van der Waals surface area (Å²) in [4.78, 5) is 17.7. The highest BCUT2D eigenvalue weighted by atomic mass is 32.1. The number of aromatic nitrogens is 2. The fourth-order valence-corrected chi connectivity index (χ4v) is 3.22. The highest BCUT2D eigenvalue weighted by Gasteiger charge is 2.12. The molecule has 0 aliphatic rings. The molecule has 0 saturated heterocycles. The van der Waals surface area contributed by atoms with Gasteiger partial charge in [0.25, 0.3) is 5.56 Å². The lowest BCUT2D eigenvalue weighted by atomic mass is 10.2. The first kappa shape index (κ1) is 17.0. The lowest BCUT2D eigenvalue weighted by molar-refractivity contribution is 0.349. The quantitative estimate of drug-likeness (QED) is 0.655. The Morgan fingerprint density at radius 3 is 2.48 bits per heavy atom. The van der Waals surface area contributed by atoms with Gasteiger partial charge in [-0.3, -0.25) is 4.79 Å². The van der Waals surface area contributed by atoms with Gasteiger partial charge in [0.1, 0.15) is 16.4 Å². The fourth-order valence-electron chi connectivity index (χ4n) is 2.42. The zero-order valence-electron chi connectivity index (χ0n) is 14.3. The van der Waals surface area contributed by atoms with Crippen LogP contribution >= 0.6 is 11.3 Å². The normalized spacial score (nSPS) is 11.2. The van der Waals surface area contributed by atoms with Crippen molar-refractivity contribution < 1.29 is 14.2 Å². The van der Waals surface area contributed by atoms with Crippen LogP contribution in [0.15, 0.2) is 33.5 Å². The second-order valence-electron chi connectivity index (χ2n) is 5.11. The Morgan fingerprint density at radius 1 is 1.12 bits per heavy atom. The highest BCUT2D eigenvalue weighted by Crippen LogP contribution is 2.33. The van der Waals surface area contributed by atoms with E-state index in [1.807, 2.05) is 5.38 Å². The molecular formula is C17H17N3O4S. The maximum Gasteiger partial charge on any atom is 0.282 e. The number of aryl methyl sites for hydroxylation is 1. The summed E-state index contributed by atoms with van der Waals surface area (Å²) < 4.78 is 17.2. The van der Waals surface area contributed by atoms with E-state index in [-0.39, 0.29) is 5.56 Å². The smallest absolute Gasteiger partial charge is 0.282 e. The number of benzene rings is 1. The van der Waals surface area contributed by atoms with Crippen LogP contribution in [0.4, 0.5) is 0 Å². The first-order valence-electron chi connectivity index (χ1n) is 7.40. The molecule has 0 spiro atoms. The van der Waals surface area contributed by atoms with Crippen LogP contribution < -0.4 is 19.8 Å². The summed E-state index contributed by atoms with van der Waals surface area (Å²) >= 11 is 1.43. The van der Waals surface area contributed by atoms with Gasteiger partial charge in [-0.2, -0.15) is 9.78 Å². The van der Waals surface area contributed by atoms with Crippen molar-refractivity contribution in [2.75, 3.05) is 21.3 Å². The molecule has 0 N–H and O–H groups in total. The van der Waals surface area contributed by atoms with Crippen LogP contribution in [0.25, 0.3) is 10.2 Å². The van der Waals surface area contributed by atoms with Gasteiger partial charge in [-0.05, 0) is 24.4 Å². The van der Waals surface area contributed by atoms with Gasteiger partial charge in [-0.25, -0.2) is 4.98 Å². The number of fused-ring (bicyclic) bond motifs is 1. The van der Waals surface area contributed by atoms with Gasteiger partial charge in [0, 0.05) is 11.6 Å². The number of hydrogen-bond acceptors (Lipinski definition) is 7. The molecule has 0 aliphatic heterocycles. The van der Waals surface area contributed by atoms with Crippen molar-refractivity contribution >= 4 is 27.8 Å². The number of nitrogens with zero attached hydrogens (tertiary/aromatic N) is 3.